The molecule has 0 saturated heterocycles. The molecule has 2 heterocycles. The van der Waals surface area contributed by atoms with Crippen molar-refractivity contribution >= 4 is 22.6 Å². The summed E-state index contributed by atoms with van der Waals surface area (Å²) < 4.78 is 2.03. The van der Waals surface area contributed by atoms with Crippen molar-refractivity contribution in [2.45, 2.75) is 6.54 Å². The Bertz CT molecular complexity index is 645. The first-order chi connectivity index (χ1) is 8.33. The lowest BCUT2D eigenvalue weighted by atomic mass is 10.3. The minimum atomic E-state index is 0.407. The van der Waals surface area contributed by atoms with E-state index in [1.54, 1.807) is 18.7 Å². The van der Waals surface area contributed by atoms with Crippen molar-refractivity contribution in [3.05, 3.63) is 53.8 Å². The fourth-order valence-corrected chi connectivity index (χ4v) is 1.83. The van der Waals surface area contributed by atoms with Crippen molar-refractivity contribution in [3.8, 4) is 0 Å². The topological polar surface area (TPSA) is 43.6 Å². The van der Waals surface area contributed by atoms with Crippen molar-refractivity contribution in [1.82, 2.24) is 19.5 Å². The van der Waals surface area contributed by atoms with E-state index in [0.29, 0.717) is 11.7 Å². The molecule has 1 aromatic carbocycles. The number of hydrogen-bond acceptors (Lipinski definition) is 3. The van der Waals surface area contributed by atoms with E-state index in [-0.39, 0.29) is 0 Å². The third kappa shape index (κ3) is 1.99. The van der Waals surface area contributed by atoms with Gasteiger partial charge in [0.1, 0.15) is 5.15 Å². The molecule has 3 aromatic rings. The van der Waals surface area contributed by atoms with Gasteiger partial charge >= 0.3 is 0 Å². The lowest BCUT2D eigenvalue weighted by molar-refractivity contribution is 0.790. The first kappa shape index (κ1) is 10.2. The van der Waals surface area contributed by atoms with Crippen LogP contribution in [0.2, 0.25) is 5.15 Å². The van der Waals surface area contributed by atoms with Crippen LogP contribution in [0.5, 0.6) is 0 Å². The SMILES string of the molecule is Clc1cnc(Cn2cnc3ccccc32)cn1. The Balaban J connectivity index is 1.97. The van der Waals surface area contributed by atoms with Gasteiger partial charge in [0.25, 0.3) is 0 Å². The van der Waals surface area contributed by atoms with Crippen LogP contribution in [0, 0.1) is 0 Å². The molecule has 0 fully saturated rings. The minimum absolute atomic E-state index is 0.407. The maximum atomic E-state index is 5.70. The molecule has 0 N–H and O–H groups in total. The largest absolute Gasteiger partial charge is 0.324 e. The third-order valence-electron chi connectivity index (χ3n) is 2.53. The Kier molecular flexibility index (Phi) is 2.49. The van der Waals surface area contributed by atoms with Crippen LogP contribution in [0.4, 0.5) is 0 Å². The summed E-state index contributed by atoms with van der Waals surface area (Å²) in [7, 11) is 0. The molecule has 0 bridgehead atoms. The van der Waals surface area contributed by atoms with Gasteiger partial charge in [0.15, 0.2) is 0 Å². The Morgan fingerprint density at radius 3 is 2.76 bits per heavy atom. The third-order valence-corrected chi connectivity index (χ3v) is 2.73. The molecular weight excluding hydrogens is 236 g/mol. The highest BCUT2D eigenvalue weighted by Gasteiger charge is 2.03. The number of benzene rings is 1. The van der Waals surface area contributed by atoms with Gasteiger partial charge in [-0.2, -0.15) is 0 Å². The summed E-state index contributed by atoms with van der Waals surface area (Å²) in [6, 6.07) is 7.99. The average Bonchev–Trinajstić information content (AvgIpc) is 2.76. The molecule has 0 atom stereocenters. The zero-order valence-electron chi connectivity index (χ0n) is 8.92. The van der Waals surface area contributed by atoms with Crippen molar-refractivity contribution in [3.63, 3.8) is 0 Å². The maximum absolute atomic E-state index is 5.70. The van der Waals surface area contributed by atoms with Gasteiger partial charge < -0.3 is 4.57 Å². The molecule has 0 aliphatic carbocycles. The molecule has 0 saturated carbocycles. The molecule has 0 aliphatic heterocycles. The Hall–Kier alpha value is -1.94. The average molecular weight is 245 g/mol. The summed E-state index contributed by atoms with van der Waals surface area (Å²) in [4.78, 5) is 12.5. The summed E-state index contributed by atoms with van der Waals surface area (Å²) in [6.45, 7) is 0.644. The second-order valence-corrected chi connectivity index (χ2v) is 4.08. The van der Waals surface area contributed by atoms with Crippen LogP contribution in [-0.4, -0.2) is 19.5 Å². The first-order valence-corrected chi connectivity index (χ1v) is 5.57. The van der Waals surface area contributed by atoms with E-state index < -0.39 is 0 Å². The predicted molar refractivity (Wildman–Crippen MR) is 65.9 cm³/mol. The highest BCUT2D eigenvalue weighted by molar-refractivity contribution is 6.29. The zero-order chi connectivity index (χ0) is 11.7. The first-order valence-electron chi connectivity index (χ1n) is 5.19. The second-order valence-electron chi connectivity index (χ2n) is 3.69. The molecular formula is C12H9ClN4. The molecule has 4 nitrogen and oxygen atoms in total. The lowest BCUT2D eigenvalue weighted by Gasteiger charge is -2.03. The van der Waals surface area contributed by atoms with E-state index in [0.717, 1.165) is 16.7 Å². The lowest BCUT2D eigenvalue weighted by Crippen LogP contribution is -2.00. The molecule has 0 unspecified atom stereocenters. The van der Waals surface area contributed by atoms with Crippen LogP contribution in [0.25, 0.3) is 11.0 Å². The molecule has 17 heavy (non-hydrogen) atoms. The maximum Gasteiger partial charge on any atom is 0.147 e. The second kappa shape index (κ2) is 4.14. The number of rotatable bonds is 2. The fraction of sp³-hybridized carbons (Fsp3) is 0.0833. The zero-order valence-corrected chi connectivity index (χ0v) is 9.67. The molecule has 0 aliphatic rings. The van der Waals surface area contributed by atoms with Crippen molar-refractivity contribution < 1.29 is 0 Å². The molecule has 0 spiro atoms. The molecule has 84 valence electrons. The molecule has 0 radical (unpaired) electrons. The van der Waals surface area contributed by atoms with Crippen molar-refractivity contribution in [2.75, 3.05) is 0 Å². The van der Waals surface area contributed by atoms with Crippen LogP contribution in [0.15, 0.2) is 43.0 Å². The van der Waals surface area contributed by atoms with Gasteiger partial charge in [0.05, 0.1) is 42.0 Å². The quantitative estimate of drug-likeness (QED) is 0.696. The molecule has 5 heteroatoms. The van der Waals surface area contributed by atoms with E-state index in [4.69, 9.17) is 11.6 Å². The standard InChI is InChI=1S/C12H9ClN4/c13-12-6-14-9(5-15-12)7-17-8-16-10-3-1-2-4-11(10)17/h1-6,8H,7H2. The number of halogens is 1. The van der Waals surface area contributed by atoms with Gasteiger partial charge in [-0.1, -0.05) is 23.7 Å². The van der Waals surface area contributed by atoms with E-state index in [9.17, 15) is 0 Å². The Morgan fingerprint density at radius 1 is 1.06 bits per heavy atom. The van der Waals surface area contributed by atoms with Crippen LogP contribution in [0.3, 0.4) is 0 Å². The summed E-state index contributed by atoms with van der Waals surface area (Å²) in [5.74, 6) is 0. The number of nitrogens with zero attached hydrogens (tertiary/aromatic N) is 4. The molecule has 2 aromatic heterocycles. The van der Waals surface area contributed by atoms with Gasteiger partial charge in [0.2, 0.25) is 0 Å². The van der Waals surface area contributed by atoms with Gasteiger partial charge in [-0.25, -0.2) is 9.97 Å². The minimum Gasteiger partial charge on any atom is -0.324 e. The van der Waals surface area contributed by atoms with Crippen LogP contribution in [0.1, 0.15) is 5.69 Å². The van der Waals surface area contributed by atoms with Crippen LogP contribution in [-0.2, 0) is 6.54 Å². The van der Waals surface area contributed by atoms with E-state index in [2.05, 4.69) is 15.0 Å². The van der Waals surface area contributed by atoms with Crippen LogP contribution >= 0.6 is 11.6 Å². The number of imidazole rings is 1. The predicted octanol–water partition coefficient (Wildman–Crippen LogP) is 2.53. The molecule has 0 amide bonds. The summed E-state index contributed by atoms with van der Waals surface area (Å²) in [5, 5.41) is 0.407. The van der Waals surface area contributed by atoms with Crippen molar-refractivity contribution in [2.24, 2.45) is 0 Å². The highest BCUT2D eigenvalue weighted by atomic mass is 35.5. The van der Waals surface area contributed by atoms with Gasteiger partial charge in [-0.05, 0) is 12.1 Å². The number of hydrogen-bond donors (Lipinski definition) is 0. The van der Waals surface area contributed by atoms with Crippen molar-refractivity contribution in [1.29, 1.82) is 0 Å². The monoisotopic (exact) mass is 244 g/mol. The summed E-state index contributed by atoms with van der Waals surface area (Å²) >= 11 is 5.70. The molecule has 3 rings (SSSR count). The summed E-state index contributed by atoms with van der Waals surface area (Å²) in [5.41, 5.74) is 2.93. The van der Waals surface area contributed by atoms with Crippen LogP contribution < -0.4 is 0 Å². The van der Waals surface area contributed by atoms with E-state index in [1.165, 1.54) is 0 Å². The number of fused-ring (bicyclic) bond motifs is 1. The van der Waals surface area contributed by atoms with Gasteiger partial charge in [-0.3, -0.25) is 4.98 Å². The van der Waals surface area contributed by atoms with Gasteiger partial charge in [0, 0.05) is 0 Å². The smallest absolute Gasteiger partial charge is 0.147 e. The van der Waals surface area contributed by atoms with E-state index in [1.807, 2.05) is 28.8 Å². The normalized spacial score (nSPS) is 10.9. The summed E-state index contributed by atoms with van der Waals surface area (Å²) in [6.07, 6.45) is 5.04. The van der Waals surface area contributed by atoms with Gasteiger partial charge in [-0.15, -0.1) is 0 Å². The highest BCUT2D eigenvalue weighted by Crippen LogP contribution is 2.13. The Labute approximate surface area is 103 Å². The number of aromatic nitrogens is 4. The number of para-hydroxylation sites is 2. The fourth-order valence-electron chi connectivity index (χ4n) is 1.73. The van der Waals surface area contributed by atoms with E-state index >= 15 is 0 Å². The Morgan fingerprint density at radius 2 is 1.94 bits per heavy atom.